The molecule has 0 spiro atoms. The van der Waals surface area contributed by atoms with Gasteiger partial charge in [0.25, 0.3) is 0 Å². The molecule has 0 aromatic carbocycles. The summed E-state index contributed by atoms with van der Waals surface area (Å²) in [6.07, 6.45) is 9.93. The molecule has 2 heteroatoms. The highest BCUT2D eigenvalue weighted by Crippen LogP contribution is 2.29. The summed E-state index contributed by atoms with van der Waals surface area (Å²) in [5.74, 6) is 1.36. The minimum absolute atomic E-state index is 0.295. The minimum Gasteiger partial charge on any atom is -0.395 e. The molecule has 1 fully saturated rings. The standard InChI is InChI=1S/C12H19NO/c1-2-12(9-14)13-7-10-5-3-4-6-11(10)8-13/h3-6,10-12,14H,2,7-9H2,1H3/t10-,11-,12+/m0/s1. The van der Waals surface area contributed by atoms with E-state index in [1.165, 1.54) is 0 Å². The highest BCUT2D eigenvalue weighted by molar-refractivity contribution is 5.17. The number of nitrogens with zero attached hydrogens (tertiary/aromatic N) is 1. The zero-order valence-electron chi connectivity index (χ0n) is 8.76. The molecule has 0 aromatic heterocycles. The predicted octanol–water partition coefficient (Wildman–Crippen LogP) is 1.43. The van der Waals surface area contributed by atoms with E-state index in [2.05, 4.69) is 36.1 Å². The average Bonchev–Trinajstić information content (AvgIpc) is 2.63. The lowest BCUT2D eigenvalue weighted by molar-refractivity contribution is 0.139. The van der Waals surface area contributed by atoms with E-state index in [0.29, 0.717) is 24.5 Å². The summed E-state index contributed by atoms with van der Waals surface area (Å²) in [5.41, 5.74) is 0. The molecule has 0 saturated carbocycles. The van der Waals surface area contributed by atoms with Crippen LogP contribution >= 0.6 is 0 Å². The lowest BCUT2D eigenvalue weighted by Gasteiger charge is -2.24. The Morgan fingerprint density at radius 2 is 1.86 bits per heavy atom. The summed E-state index contributed by atoms with van der Waals surface area (Å²) < 4.78 is 0. The fraction of sp³-hybridized carbons (Fsp3) is 0.667. The molecule has 0 unspecified atom stereocenters. The maximum atomic E-state index is 9.24. The first kappa shape index (κ1) is 9.94. The van der Waals surface area contributed by atoms with E-state index in [-0.39, 0.29) is 0 Å². The fourth-order valence-electron chi connectivity index (χ4n) is 2.51. The lowest BCUT2D eigenvalue weighted by atomic mass is 9.92. The Hall–Kier alpha value is -0.600. The van der Waals surface area contributed by atoms with Crippen molar-refractivity contribution in [2.75, 3.05) is 19.7 Å². The van der Waals surface area contributed by atoms with Crippen molar-refractivity contribution in [2.45, 2.75) is 19.4 Å². The largest absolute Gasteiger partial charge is 0.395 e. The van der Waals surface area contributed by atoms with E-state index < -0.39 is 0 Å². The van der Waals surface area contributed by atoms with Gasteiger partial charge in [-0.25, -0.2) is 0 Å². The van der Waals surface area contributed by atoms with Gasteiger partial charge in [-0.05, 0) is 18.3 Å². The van der Waals surface area contributed by atoms with Crippen LogP contribution < -0.4 is 0 Å². The molecule has 78 valence electrons. The first-order valence-electron chi connectivity index (χ1n) is 5.55. The van der Waals surface area contributed by atoms with Gasteiger partial charge in [0.1, 0.15) is 0 Å². The molecule has 2 nitrogen and oxygen atoms in total. The number of aliphatic hydroxyl groups is 1. The molecular formula is C12H19NO. The third-order valence-electron chi connectivity index (χ3n) is 3.47. The van der Waals surface area contributed by atoms with Crippen molar-refractivity contribution in [3.05, 3.63) is 24.3 Å². The minimum atomic E-state index is 0.295. The molecule has 0 bridgehead atoms. The lowest BCUT2D eigenvalue weighted by Crippen LogP contribution is -2.35. The van der Waals surface area contributed by atoms with Crippen LogP contribution in [0, 0.1) is 11.8 Å². The Balaban J connectivity index is 1.99. The molecular weight excluding hydrogens is 174 g/mol. The molecule has 0 aromatic rings. The summed E-state index contributed by atoms with van der Waals surface area (Å²) in [6.45, 7) is 4.67. The topological polar surface area (TPSA) is 23.5 Å². The van der Waals surface area contributed by atoms with Gasteiger partial charge in [0, 0.05) is 19.1 Å². The van der Waals surface area contributed by atoms with Gasteiger partial charge in [0.2, 0.25) is 0 Å². The third-order valence-corrected chi connectivity index (χ3v) is 3.47. The van der Waals surface area contributed by atoms with Crippen molar-refractivity contribution in [3.63, 3.8) is 0 Å². The summed E-state index contributed by atoms with van der Waals surface area (Å²) in [4.78, 5) is 2.43. The monoisotopic (exact) mass is 193 g/mol. The van der Waals surface area contributed by atoms with Crippen LogP contribution in [0.4, 0.5) is 0 Å². The molecule has 0 amide bonds. The predicted molar refractivity (Wildman–Crippen MR) is 58.0 cm³/mol. The number of rotatable bonds is 3. The van der Waals surface area contributed by atoms with Crippen LogP contribution in [0.15, 0.2) is 24.3 Å². The first-order valence-corrected chi connectivity index (χ1v) is 5.55. The van der Waals surface area contributed by atoms with Crippen molar-refractivity contribution >= 4 is 0 Å². The van der Waals surface area contributed by atoms with Crippen molar-refractivity contribution < 1.29 is 5.11 Å². The highest BCUT2D eigenvalue weighted by Gasteiger charge is 2.33. The van der Waals surface area contributed by atoms with Crippen LogP contribution in [0.5, 0.6) is 0 Å². The number of likely N-dealkylation sites (tertiary alicyclic amines) is 1. The highest BCUT2D eigenvalue weighted by atomic mass is 16.3. The molecule has 1 aliphatic heterocycles. The maximum Gasteiger partial charge on any atom is 0.0586 e. The Morgan fingerprint density at radius 3 is 2.29 bits per heavy atom. The first-order chi connectivity index (χ1) is 6.85. The molecule has 2 aliphatic rings. The fourth-order valence-corrected chi connectivity index (χ4v) is 2.51. The molecule has 14 heavy (non-hydrogen) atoms. The van der Waals surface area contributed by atoms with Crippen LogP contribution in [-0.2, 0) is 0 Å². The van der Waals surface area contributed by atoms with E-state index >= 15 is 0 Å². The molecule has 1 heterocycles. The van der Waals surface area contributed by atoms with Gasteiger partial charge >= 0.3 is 0 Å². The van der Waals surface area contributed by atoms with E-state index in [4.69, 9.17) is 0 Å². The normalized spacial score (nSPS) is 33.3. The summed E-state index contributed by atoms with van der Waals surface area (Å²) in [6, 6.07) is 0.363. The second kappa shape index (κ2) is 4.28. The van der Waals surface area contributed by atoms with Crippen LogP contribution in [-0.4, -0.2) is 35.7 Å². The van der Waals surface area contributed by atoms with Crippen LogP contribution in [0.2, 0.25) is 0 Å². The van der Waals surface area contributed by atoms with Crippen LogP contribution in [0.3, 0.4) is 0 Å². The quantitative estimate of drug-likeness (QED) is 0.733. The number of allylic oxidation sites excluding steroid dienone is 2. The Morgan fingerprint density at radius 1 is 1.29 bits per heavy atom. The van der Waals surface area contributed by atoms with Gasteiger partial charge in [-0.15, -0.1) is 0 Å². The number of aliphatic hydroxyl groups excluding tert-OH is 1. The summed E-state index contributed by atoms with van der Waals surface area (Å²) in [5, 5.41) is 9.24. The third kappa shape index (κ3) is 1.77. The number of hydrogen-bond donors (Lipinski definition) is 1. The molecule has 3 atom stereocenters. The van der Waals surface area contributed by atoms with Gasteiger partial charge in [-0.3, -0.25) is 4.90 Å². The second-order valence-corrected chi connectivity index (χ2v) is 4.30. The van der Waals surface area contributed by atoms with Crippen LogP contribution in [0.1, 0.15) is 13.3 Å². The zero-order valence-corrected chi connectivity index (χ0v) is 8.76. The molecule has 1 saturated heterocycles. The SMILES string of the molecule is CC[C@H](CO)N1C[C@@H]2C=CC=C[C@H]2C1. The molecule has 1 aliphatic carbocycles. The van der Waals surface area contributed by atoms with E-state index in [9.17, 15) is 5.11 Å². The van der Waals surface area contributed by atoms with Crippen molar-refractivity contribution in [1.29, 1.82) is 0 Å². The number of fused-ring (bicyclic) bond motifs is 1. The Kier molecular flexibility index (Phi) is 3.04. The van der Waals surface area contributed by atoms with Crippen molar-refractivity contribution in [1.82, 2.24) is 4.90 Å². The molecule has 2 rings (SSSR count). The maximum absolute atomic E-state index is 9.24. The number of hydrogen-bond acceptors (Lipinski definition) is 2. The summed E-state index contributed by atoms with van der Waals surface area (Å²) >= 11 is 0. The van der Waals surface area contributed by atoms with Gasteiger partial charge < -0.3 is 5.11 Å². The Bertz CT molecular complexity index is 223. The van der Waals surface area contributed by atoms with Crippen LogP contribution in [0.25, 0.3) is 0 Å². The van der Waals surface area contributed by atoms with Gasteiger partial charge in [0.05, 0.1) is 6.61 Å². The van der Waals surface area contributed by atoms with Gasteiger partial charge in [-0.1, -0.05) is 31.2 Å². The zero-order chi connectivity index (χ0) is 9.97. The molecule has 0 radical (unpaired) electrons. The second-order valence-electron chi connectivity index (χ2n) is 4.30. The van der Waals surface area contributed by atoms with Crippen molar-refractivity contribution in [2.24, 2.45) is 11.8 Å². The van der Waals surface area contributed by atoms with Crippen molar-refractivity contribution in [3.8, 4) is 0 Å². The van der Waals surface area contributed by atoms with Gasteiger partial charge in [-0.2, -0.15) is 0 Å². The Labute approximate surface area is 85.9 Å². The van der Waals surface area contributed by atoms with E-state index in [1.54, 1.807) is 0 Å². The summed E-state index contributed by atoms with van der Waals surface area (Å²) in [7, 11) is 0. The van der Waals surface area contributed by atoms with E-state index in [1.807, 2.05) is 0 Å². The molecule has 1 N–H and O–H groups in total. The smallest absolute Gasteiger partial charge is 0.0586 e. The van der Waals surface area contributed by atoms with Gasteiger partial charge in [0.15, 0.2) is 0 Å². The van der Waals surface area contributed by atoms with E-state index in [0.717, 1.165) is 19.5 Å². The average molecular weight is 193 g/mol.